The van der Waals surface area contributed by atoms with Crippen LogP contribution < -0.4 is 0 Å². The van der Waals surface area contributed by atoms with E-state index < -0.39 is 0 Å². The van der Waals surface area contributed by atoms with Gasteiger partial charge in [-0.2, -0.15) is 0 Å². The van der Waals surface area contributed by atoms with Crippen LogP contribution in [0, 0.1) is 13.8 Å². The van der Waals surface area contributed by atoms with E-state index in [2.05, 4.69) is 99.6 Å². The fraction of sp³-hybridized carbons (Fsp3) is 0.154. The van der Waals surface area contributed by atoms with Crippen molar-refractivity contribution in [3.63, 3.8) is 0 Å². The molecular formula is C26H24N2. The van der Waals surface area contributed by atoms with Gasteiger partial charge < -0.3 is 0 Å². The van der Waals surface area contributed by atoms with Gasteiger partial charge >= 0.3 is 0 Å². The minimum absolute atomic E-state index is 0.757. The SMILES string of the molecule is CCc1ccc(-c2cc(-c3ccc(C)cc3)nc(-c3ccc(C)cc3)n2)cc1. The molecular weight excluding hydrogens is 340 g/mol. The number of hydrogen-bond acceptors (Lipinski definition) is 2. The number of hydrogen-bond donors (Lipinski definition) is 0. The number of aromatic nitrogens is 2. The molecule has 0 saturated carbocycles. The summed E-state index contributed by atoms with van der Waals surface area (Å²) in [7, 11) is 0. The van der Waals surface area contributed by atoms with E-state index in [-0.39, 0.29) is 0 Å². The van der Waals surface area contributed by atoms with Crippen LogP contribution in [0.2, 0.25) is 0 Å². The molecule has 2 nitrogen and oxygen atoms in total. The lowest BCUT2D eigenvalue weighted by Gasteiger charge is -2.10. The van der Waals surface area contributed by atoms with Gasteiger partial charge in [-0.15, -0.1) is 0 Å². The zero-order chi connectivity index (χ0) is 19.5. The maximum absolute atomic E-state index is 4.89. The topological polar surface area (TPSA) is 25.8 Å². The molecule has 0 spiro atoms. The van der Waals surface area contributed by atoms with Crippen molar-refractivity contribution in [1.82, 2.24) is 9.97 Å². The van der Waals surface area contributed by atoms with Crippen molar-refractivity contribution in [2.24, 2.45) is 0 Å². The minimum atomic E-state index is 0.757. The summed E-state index contributed by atoms with van der Waals surface area (Å²) in [6.45, 7) is 6.36. The molecule has 1 aromatic heterocycles. The van der Waals surface area contributed by atoms with E-state index in [4.69, 9.17) is 9.97 Å². The van der Waals surface area contributed by atoms with Crippen LogP contribution in [0.5, 0.6) is 0 Å². The highest BCUT2D eigenvalue weighted by Crippen LogP contribution is 2.28. The van der Waals surface area contributed by atoms with Crippen molar-refractivity contribution in [3.8, 4) is 33.9 Å². The highest BCUT2D eigenvalue weighted by molar-refractivity contribution is 5.72. The van der Waals surface area contributed by atoms with Crippen LogP contribution in [0.3, 0.4) is 0 Å². The van der Waals surface area contributed by atoms with Gasteiger partial charge in [0.15, 0.2) is 5.82 Å². The predicted molar refractivity (Wildman–Crippen MR) is 117 cm³/mol. The summed E-state index contributed by atoms with van der Waals surface area (Å²) in [4.78, 5) is 9.77. The monoisotopic (exact) mass is 364 g/mol. The molecule has 0 aliphatic carbocycles. The van der Waals surface area contributed by atoms with Crippen molar-refractivity contribution in [2.75, 3.05) is 0 Å². The molecule has 3 aromatic carbocycles. The molecule has 4 rings (SSSR count). The van der Waals surface area contributed by atoms with Crippen LogP contribution in [0.1, 0.15) is 23.6 Å². The Balaban J connectivity index is 1.86. The Morgan fingerprint density at radius 3 is 1.46 bits per heavy atom. The molecule has 1 heterocycles. The molecule has 0 bridgehead atoms. The summed E-state index contributed by atoms with van der Waals surface area (Å²) in [6.07, 6.45) is 1.04. The normalized spacial score (nSPS) is 10.8. The van der Waals surface area contributed by atoms with Gasteiger partial charge in [0.25, 0.3) is 0 Å². The Kier molecular flexibility index (Phi) is 5.03. The van der Waals surface area contributed by atoms with Gasteiger partial charge in [0, 0.05) is 16.7 Å². The first-order valence-electron chi connectivity index (χ1n) is 9.75. The first-order valence-corrected chi connectivity index (χ1v) is 9.75. The van der Waals surface area contributed by atoms with Crippen LogP contribution in [0.15, 0.2) is 78.9 Å². The molecule has 138 valence electrons. The minimum Gasteiger partial charge on any atom is -0.228 e. The van der Waals surface area contributed by atoms with Gasteiger partial charge in [0.1, 0.15) is 0 Å². The Hall–Kier alpha value is -3.26. The quantitative estimate of drug-likeness (QED) is 0.405. The highest BCUT2D eigenvalue weighted by atomic mass is 14.9. The van der Waals surface area contributed by atoms with Gasteiger partial charge in [-0.3, -0.25) is 0 Å². The van der Waals surface area contributed by atoms with Gasteiger partial charge in [0.2, 0.25) is 0 Å². The summed E-state index contributed by atoms with van der Waals surface area (Å²) in [5.74, 6) is 0.757. The number of rotatable bonds is 4. The van der Waals surface area contributed by atoms with Crippen LogP contribution in [0.4, 0.5) is 0 Å². The molecule has 0 aliphatic heterocycles. The highest BCUT2D eigenvalue weighted by Gasteiger charge is 2.10. The molecule has 4 aromatic rings. The summed E-state index contributed by atoms with van der Waals surface area (Å²) >= 11 is 0. The third-order valence-electron chi connectivity index (χ3n) is 5.04. The van der Waals surface area contributed by atoms with Crippen molar-refractivity contribution in [3.05, 3.63) is 95.6 Å². The Morgan fingerprint density at radius 1 is 0.571 bits per heavy atom. The standard InChI is InChI=1S/C26H24N2/c1-4-20-9-15-22(16-10-20)25-17-24(21-11-5-18(2)6-12-21)27-26(28-25)23-13-7-19(3)8-14-23/h5-17H,4H2,1-3H3. The van der Waals surface area contributed by atoms with Crippen LogP contribution in [-0.2, 0) is 6.42 Å². The average molecular weight is 364 g/mol. The van der Waals surface area contributed by atoms with Gasteiger partial charge in [0.05, 0.1) is 11.4 Å². The Labute approximate surface area is 167 Å². The average Bonchev–Trinajstić information content (AvgIpc) is 2.74. The number of nitrogens with zero attached hydrogens (tertiary/aromatic N) is 2. The van der Waals surface area contributed by atoms with Gasteiger partial charge in [-0.25, -0.2) is 9.97 Å². The zero-order valence-electron chi connectivity index (χ0n) is 16.6. The van der Waals surface area contributed by atoms with Crippen molar-refractivity contribution < 1.29 is 0 Å². The fourth-order valence-electron chi connectivity index (χ4n) is 3.21. The lowest BCUT2D eigenvalue weighted by atomic mass is 10.0. The molecule has 0 atom stereocenters. The summed E-state index contributed by atoms with van der Waals surface area (Å²) in [6, 6.07) is 27.6. The Bertz CT molecular complexity index is 1010. The first-order chi connectivity index (χ1) is 13.6. The number of benzene rings is 3. The predicted octanol–water partition coefficient (Wildman–Crippen LogP) is 6.66. The molecule has 0 unspecified atom stereocenters. The molecule has 0 saturated heterocycles. The third kappa shape index (κ3) is 3.86. The lowest BCUT2D eigenvalue weighted by Crippen LogP contribution is -1.96. The van der Waals surface area contributed by atoms with Crippen molar-refractivity contribution >= 4 is 0 Å². The molecule has 0 N–H and O–H groups in total. The van der Waals surface area contributed by atoms with Gasteiger partial charge in [-0.1, -0.05) is 90.8 Å². The van der Waals surface area contributed by atoms with E-state index in [0.29, 0.717) is 0 Å². The second-order valence-corrected chi connectivity index (χ2v) is 7.24. The summed E-state index contributed by atoms with van der Waals surface area (Å²) < 4.78 is 0. The van der Waals surface area contributed by atoms with E-state index in [9.17, 15) is 0 Å². The molecule has 0 aliphatic rings. The maximum atomic E-state index is 4.89. The van der Waals surface area contributed by atoms with E-state index in [1.807, 2.05) is 0 Å². The summed E-state index contributed by atoms with van der Waals surface area (Å²) in [5, 5.41) is 0. The fourth-order valence-corrected chi connectivity index (χ4v) is 3.21. The number of aryl methyl sites for hydroxylation is 3. The molecule has 28 heavy (non-hydrogen) atoms. The molecule has 2 heteroatoms. The molecule has 0 radical (unpaired) electrons. The van der Waals surface area contributed by atoms with Crippen LogP contribution >= 0.6 is 0 Å². The van der Waals surface area contributed by atoms with E-state index >= 15 is 0 Å². The lowest BCUT2D eigenvalue weighted by molar-refractivity contribution is 1.14. The molecule has 0 amide bonds. The first kappa shape index (κ1) is 18.1. The van der Waals surface area contributed by atoms with E-state index in [1.165, 1.54) is 16.7 Å². The molecule has 0 fully saturated rings. The zero-order valence-corrected chi connectivity index (χ0v) is 16.6. The van der Waals surface area contributed by atoms with Crippen LogP contribution in [0.25, 0.3) is 33.9 Å². The smallest absolute Gasteiger partial charge is 0.160 e. The maximum Gasteiger partial charge on any atom is 0.160 e. The van der Waals surface area contributed by atoms with Gasteiger partial charge in [-0.05, 0) is 31.9 Å². The second kappa shape index (κ2) is 7.77. The summed E-state index contributed by atoms with van der Waals surface area (Å²) in [5.41, 5.74) is 8.94. The second-order valence-electron chi connectivity index (χ2n) is 7.24. The van der Waals surface area contributed by atoms with Crippen molar-refractivity contribution in [1.29, 1.82) is 0 Å². The third-order valence-corrected chi connectivity index (χ3v) is 5.04. The Morgan fingerprint density at radius 2 is 1.00 bits per heavy atom. The van der Waals surface area contributed by atoms with Crippen LogP contribution in [-0.4, -0.2) is 9.97 Å². The van der Waals surface area contributed by atoms with E-state index in [0.717, 1.165) is 40.3 Å². The largest absolute Gasteiger partial charge is 0.228 e. The van der Waals surface area contributed by atoms with Crippen molar-refractivity contribution in [2.45, 2.75) is 27.2 Å². The van der Waals surface area contributed by atoms with E-state index in [1.54, 1.807) is 0 Å².